The summed E-state index contributed by atoms with van der Waals surface area (Å²) in [7, 11) is 2.93. The van der Waals surface area contributed by atoms with Crippen molar-refractivity contribution in [3.63, 3.8) is 0 Å². The summed E-state index contributed by atoms with van der Waals surface area (Å²) < 4.78 is 30.7. The van der Waals surface area contributed by atoms with Crippen molar-refractivity contribution < 1.29 is 33.3 Å². The number of unbranched alkanes of at least 4 members (excludes halogenated alkanes) is 1. The average molecular weight is 584 g/mol. The van der Waals surface area contributed by atoms with Gasteiger partial charge in [-0.1, -0.05) is 25.5 Å². The van der Waals surface area contributed by atoms with Crippen LogP contribution in [0.25, 0.3) is 21.3 Å². The number of methoxy groups -OCH3 is 2. The zero-order valence-corrected chi connectivity index (χ0v) is 24.1. The molecule has 0 saturated heterocycles. The first-order chi connectivity index (χ1) is 19.9. The molecular weight excluding hydrogens is 549 g/mol. The van der Waals surface area contributed by atoms with Crippen molar-refractivity contribution in [3.05, 3.63) is 71.0 Å². The molecular formula is C30H34FN3O6S. The number of benzene rings is 2. The van der Waals surface area contributed by atoms with Crippen molar-refractivity contribution in [1.29, 1.82) is 0 Å². The summed E-state index contributed by atoms with van der Waals surface area (Å²) in [6, 6.07) is 12.5. The van der Waals surface area contributed by atoms with E-state index in [0.717, 1.165) is 6.54 Å². The van der Waals surface area contributed by atoms with Crippen LogP contribution in [0.3, 0.4) is 0 Å². The van der Waals surface area contributed by atoms with Gasteiger partial charge in [-0.15, -0.1) is 11.3 Å². The Labute approximate surface area is 242 Å². The molecule has 0 saturated carbocycles. The molecule has 0 aliphatic carbocycles. The summed E-state index contributed by atoms with van der Waals surface area (Å²) in [5, 5.41) is 14.0. The molecule has 2 aromatic heterocycles. The maximum atomic E-state index is 14.2. The van der Waals surface area contributed by atoms with E-state index >= 15 is 0 Å². The molecule has 9 nitrogen and oxygen atoms in total. The van der Waals surface area contributed by atoms with Crippen LogP contribution in [0.5, 0.6) is 17.2 Å². The fourth-order valence-corrected chi connectivity index (χ4v) is 4.77. The second-order valence-electron chi connectivity index (χ2n) is 8.70. The van der Waals surface area contributed by atoms with E-state index in [1.807, 2.05) is 0 Å². The lowest BCUT2D eigenvalue weighted by Gasteiger charge is -2.12. The molecule has 0 unspecified atom stereocenters. The van der Waals surface area contributed by atoms with Gasteiger partial charge in [-0.2, -0.15) is 0 Å². The number of halogens is 1. The third kappa shape index (κ3) is 8.00. The first-order valence-electron chi connectivity index (χ1n) is 13.0. The van der Waals surface area contributed by atoms with Gasteiger partial charge in [0.1, 0.15) is 29.6 Å². The van der Waals surface area contributed by atoms with Gasteiger partial charge in [-0.25, -0.2) is 9.37 Å². The summed E-state index contributed by atoms with van der Waals surface area (Å²) in [6.07, 6.45) is 2.39. The van der Waals surface area contributed by atoms with Gasteiger partial charge in [0, 0.05) is 21.9 Å². The van der Waals surface area contributed by atoms with E-state index in [2.05, 4.69) is 17.2 Å². The number of aliphatic hydroxyl groups is 1. The third-order valence-electron chi connectivity index (χ3n) is 5.91. The topological polar surface area (TPSA) is 133 Å². The summed E-state index contributed by atoms with van der Waals surface area (Å²) >= 11 is 1.24. The number of nitrogens with two attached hydrogens (primary N) is 1. The normalized spacial score (nSPS) is 10.5. The van der Waals surface area contributed by atoms with Gasteiger partial charge in [-0.05, 0) is 49.4 Å². The number of hydrogen-bond acceptors (Lipinski definition) is 9. The zero-order valence-electron chi connectivity index (χ0n) is 23.2. The van der Waals surface area contributed by atoms with Gasteiger partial charge in [0.15, 0.2) is 17.3 Å². The molecule has 2 heterocycles. The smallest absolute Gasteiger partial charge is 0.251 e. The van der Waals surface area contributed by atoms with Gasteiger partial charge < -0.3 is 30.4 Å². The Morgan fingerprint density at radius 2 is 1.83 bits per heavy atom. The van der Waals surface area contributed by atoms with E-state index in [4.69, 9.17) is 25.1 Å². The predicted molar refractivity (Wildman–Crippen MR) is 158 cm³/mol. The summed E-state index contributed by atoms with van der Waals surface area (Å²) in [5.41, 5.74) is 6.61. The lowest BCUT2D eigenvalue weighted by atomic mass is 10.1. The first-order valence-corrected chi connectivity index (χ1v) is 13.9. The number of Topliss-reactive ketones (excluding diaryl/α,β-unsaturated/α-hetero) is 1. The minimum Gasteiger partial charge on any atom is -0.494 e. The van der Waals surface area contributed by atoms with Crippen molar-refractivity contribution in [2.45, 2.75) is 19.8 Å². The molecule has 0 aliphatic heterocycles. The summed E-state index contributed by atoms with van der Waals surface area (Å²) in [6.45, 7) is 2.61. The number of rotatable bonds is 12. The van der Waals surface area contributed by atoms with Crippen LogP contribution in [0.15, 0.2) is 53.9 Å². The molecule has 4 rings (SSSR count). The van der Waals surface area contributed by atoms with Crippen LogP contribution in [0, 0.1) is 5.82 Å². The number of hydrogen-bond donors (Lipinski definition) is 3. The molecule has 0 atom stereocenters. The van der Waals surface area contributed by atoms with Crippen LogP contribution in [-0.2, 0) is 0 Å². The number of ether oxygens (including phenoxy) is 3. The molecule has 0 aliphatic rings. The van der Waals surface area contributed by atoms with Crippen LogP contribution in [0.2, 0.25) is 0 Å². The average Bonchev–Trinajstić information content (AvgIpc) is 3.44. The Morgan fingerprint density at radius 3 is 2.49 bits per heavy atom. The van der Waals surface area contributed by atoms with Crippen molar-refractivity contribution in [3.8, 4) is 28.5 Å². The number of carbonyl (C=O) groups is 2. The van der Waals surface area contributed by atoms with Crippen molar-refractivity contribution in [2.24, 2.45) is 5.73 Å². The van der Waals surface area contributed by atoms with Gasteiger partial charge in [0.25, 0.3) is 5.91 Å². The monoisotopic (exact) mass is 583 g/mol. The maximum absolute atomic E-state index is 14.2. The fraction of sp³-hybridized carbons (Fsp3) is 0.300. The van der Waals surface area contributed by atoms with Gasteiger partial charge in [0.05, 0.1) is 32.1 Å². The highest BCUT2D eigenvalue weighted by molar-refractivity contribution is 7.17. The lowest BCUT2D eigenvalue weighted by molar-refractivity contribution is 0.0902. The number of amides is 1. The predicted octanol–water partition coefficient (Wildman–Crippen LogP) is 4.85. The quantitative estimate of drug-likeness (QED) is 0.202. The second-order valence-corrected chi connectivity index (χ2v) is 9.58. The Morgan fingerprint density at radius 1 is 1.07 bits per heavy atom. The highest BCUT2D eigenvalue weighted by Crippen LogP contribution is 2.38. The molecule has 0 spiro atoms. The van der Waals surface area contributed by atoms with E-state index in [-0.39, 0.29) is 36.8 Å². The van der Waals surface area contributed by atoms with E-state index in [0.29, 0.717) is 38.6 Å². The maximum Gasteiger partial charge on any atom is 0.251 e. The number of carbonyl (C=O) groups excluding carboxylic acids is 2. The number of thiophene rings is 1. The van der Waals surface area contributed by atoms with E-state index in [9.17, 15) is 14.0 Å². The SMILES string of the molecule is CCCCN.COc1cc(C(=O)NCC(=O)c2ccc(OC)c(-c3csc4c(F)cccc34)n2)ccc1OCCO. The summed E-state index contributed by atoms with van der Waals surface area (Å²) in [5.74, 6) is -0.0769. The molecule has 2 aromatic carbocycles. The van der Waals surface area contributed by atoms with E-state index < -0.39 is 11.7 Å². The molecule has 41 heavy (non-hydrogen) atoms. The van der Waals surface area contributed by atoms with Crippen LogP contribution in [-0.4, -0.2) is 62.3 Å². The molecule has 0 bridgehead atoms. The number of aliphatic hydroxyl groups excluding tert-OH is 1. The minimum atomic E-state index is -0.483. The Bertz CT molecular complexity index is 1470. The largest absolute Gasteiger partial charge is 0.494 e. The first kappa shape index (κ1) is 31.5. The van der Waals surface area contributed by atoms with E-state index in [1.54, 1.807) is 29.6 Å². The fourth-order valence-electron chi connectivity index (χ4n) is 3.81. The number of aromatic nitrogens is 1. The lowest BCUT2D eigenvalue weighted by Crippen LogP contribution is -2.30. The minimum absolute atomic E-state index is 0.0867. The van der Waals surface area contributed by atoms with Crippen LogP contribution in [0.1, 0.15) is 40.6 Å². The molecule has 4 aromatic rings. The number of ketones is 1. The molecule has 11 heteroatoms. The second kappa shape index (κ2) is 15.7. The standard InChI is InChI=1S/C26H23FN2O6S.C4H11N/c1-33-22-9-7-19(29-24(22)17-14-36-25-16(17)4-3-5-18(25)27)20(31)13-28-26(32)15-6-8-21(35-11-10-30)23(12-15)34-2;1-2-3-4-5/h3-9,12,14,30H,10-11,13H2,1-2H3,(H,28,32);2-5H2,1H3. The Kier molecular flexibility index (Phi) is 12.0. The van der Waals surface area contributed by atoms with Crippen LogP contribution < -0.4 is 25.3 Å². The number of nitrogens with one attached hydrogen (secondary N) is 1. The molecule has 0 radical (unpaired) electrons. The number of fused-ring (bicyclic) bond motifs is 1. The molecule has 1 amide bonds. The Balaban J connectivity index is 0.000000850. The van der Waals surface area contributed by atoms with E-state index in [1.165, 1.54) is 62.7 Å². The van der Waals surface area contributed by atoms with Gasteiger partial charge in [0.2, 0.25) is 0 Å². The Hall–Kier alpha value is -4.06. The summed E-state index contributed by atoms with van der Waals surface area (Å²) in [4.78, 5) is 30.0. The highest BCUT2D eigenvalue weighted by atomic mass is 32.1. The van der Waals surface area contributed by atoms with Crippen molar-refractivity contribution in [2.75, 3.05) is 40.5 Å². The van der Waals surface area contributed by atoms with Crippen molar-refractivity contribution >= 4 is 33.1 Å². The van der Waals surface area contributed by atoms with Crippen LogP contribution in [0.4, 0.5) is 4.39 Å². The molecule has 218 valence electrons. The highest BCUT2D eigenvalue weighted by Gasteiger charge is 2.19. The molecule has 4 N–H and O–H groups in total. The van der Waals surface area contributed by atoms with Gasteiger partial charge in [-0.3, -0.25) is 9.59 Å². The zero-order chi connectivity index (χ0) is 29.8. The van der Waals surface area contributed by atoms with Crippen molar-refractivity contribution in [1.82, 2.24) is 10.3 Å². The number of nitrogens with zero attached hydrogens (tertiary/aromatic N) is 1. The third-order valence-corrected chi connectivity index (χ3v) is 6.92. The number of pyridine rings is 1. The molecule has 0 fully saturated rings. The van der Waals surface area contributed by atoms with Crippen LogP contribution >= 0.6 is 11.3 Å². The van der Waals surface area contributed by atoms with Gasteiger partial charge >= 0.3 is 0 Å².